The number of piperidine rings is 3. The number of carbonyl (C=O) groups is 1. The van der Waals surface area contributed by atoms with Gasteiger partial charge in [0.2, 0.25) is 5.95 Å². The van der Waals surface area contributed by atoms with Crippen LogP contribution in [0.15, 0.2) is 28.9 Å². The molecule has 3 saturated heterocycles. The minimum atomic E-state index is -0.562. The van der Waals surface area contributed by atoms with Crippen LogP contribution in [0, 0.1) is 11.9 Å². The summed E-state index contributed by atoms with van der Waals surface area (Å²) in [7, 11) is 0. The van der Waals surface area contributed by atoms with E-state index in [1.54, 1.807) is 6.07 Å². The molecule has 2 aromatic heterocycles. The van der Waals surface area contributed by atoms with E-state index < -0.39 is 5.95 Å². The monoisotopic (exact) mass is 330 g/mol. The van der Waals surface area contributed by atoms with E-state index in [0.29, 0.717) is 23.3 Å². The van der Waals surface area contributed by atoms with Gasteiger partial charge in [-0.1, -0.05) is 0 Å². The molecule has 1 amide bonds. The molecule has 24 heavy (non-hydrogen) atoms. The van der Waals surface area contributed by atoms with Crippen molar-refractivity contribution in [3.05, 3.63) is 36.4 Å². The summed E-state index contributed by atoms with van der Waals surface area (Å²) in [6, 6.07) is 3.24. The molecule has 2 bridgehead atoms. The Morgan fingerprint density at radius 3 is 2.75 bits per heavy atom. The maximum atomic E-state index is 12.9. The molecule has 6 nitrogen and oxygen atoms in total. The molecule has 1 N–H and O–H groups in total. The van der Waals surface area contributed by atoms with Crippen molar-refractivity contribution in [2.45, 2.75) is 31.8 Å². The molecule has 3 aliphatic heterocycles. The first kappa shape index (κ1) is 15.3. The zero-order valence-electron chi connectivity index (χ0n) is 13.4. The lowest BCUT2D eigenvalue weighted by atomic mass is 9.79. The van der Waals surface area contributed by atoms with Gasteiger partial charge in [-0.05, 0) is 50.9 Å². The minimum absolute atomic E-state index is 0.0259. The molecule has 0 spiro atoms. The van der Waals surface area contributed by atoms with E-state index in [2.05, 4.69) is 27.1 Å². The number of carbonyl (C=O) groups excluding carboxylic acids is 1. The van der Waals surface area contributed by atoms with E-state index >= 15 is 0 Å². The summed E-state index contributed by atoms with van der Waals surface area (Å²) in [5, 5.41) is 3.08. The quantitative estimate of drug-likeness (QED) is 0.873. The average molecular weight is 330 g/mol. The average Bonchev–Trinajstić information content (AvgIpc) is 3.09. The Balaban J connectivity index is 1.48. The Bertz CT molecular complexity index is 735. The number of hydrogen-bond donors (Lipinski definition) is 1. The van der Waals surface area contributed by atoms with Crippen molar-refractivity contribution in [3.8, 4) is 11.3 Å². The van der Waals surface area contributed by atoms with Crippen molar-refractivity contribution in [1.29, 1.82) is 0 Å². The molecule has 7 heteroatoms. The first-order valence-electron chi connectivity index (χ1n) is 8.24. The van der Waals surface area contributed by atoms with Crippen LogP contribution >= 0.6 is 0 Å². The topological polar surface area (TPSA) is 71.3 Å². The van der Waals surface area contributed by atoms with E-state index in [-0.39, 0.29) is 17.8 Å². The van der Waals surface area contributed by atoms with Gasteiger partial charge in [0.1, 0.15) is 0 Å². The van der Waals surface area contributed by atoms with Gasteiger partial charge in [0.05, 0.1) is 6.20 Å². The highest BCUT2D eigenvalue weighted by molar-refractivity contribution is 5.90. The molecule has 0 saturated carbocycles. The van der Waals surface area contributed by atoms with Crippen LogP contribution in [0.2, 0.25) is 0 Å². The number of amides is 1. The smallest absolute Gasteiger partial charge is 0.307 e. The standard InChI is InChI=1S/C17H19FN4O2/c1-10-15(11-4-6-22(10)7-5-11)21-16(23)17-20-9-13(24-17)12-2-3-14(18)19-8-12/h2-3,8-11,15H,4-7H2,1H3,(H,21,23). The summed E-state index contributed by atoms with van der Waals surface area (Å²) in [4.78, 5) is 22.5. The fraction of sp³-hybridized carbons (Fsp3) is 0.471. The summed E-state index contributed by atoms with van der Waals surface area (Å²) >= 11 is 0. The molecular formula is C17H19FN4O2. The highest BCUT2D eigenvalue weighted by Crippen LogP contribution is 2.32. The molecular weight excluding hydrogens is 311 g/mol. The molecule has 5 rings (SSSR count). The van der Waals surface area contributed by atoms with E-state index in [9.17, 15) is 9.18 Å². The third-order valence-corrected chi connectivity index (χ3v) is 5.19. The minimum Gasteiger partial charge on any atom is -0.432 e. The summed E-state index contributed by atoms with van der Waals surface area (Å²) in [5.74, 6) is 0.0757. The maximum absolute atomic E-state index is 12.9. The SMILES string of the molecule is CC1C(NC(=O)c2ncc(-c3ccc(F)nc3)o2)C2CCN1CC2. The van der Waals surface area contributed by atoms with E-state index in [4.69, 9.17) is 4.42 Å². The van der Waals surface area contributed by atoms with Gasteiger partial charge in [0.25, 0.3) is 5.89 Å². The van der Waals surface area contributed by atoms with Gasteiger partial charge in [-0.2, -0.15) is 4.39 Å². The normalized spacial score (nSPS) is 28.8. The van der Waals surface area contributed by atoms with Gasteiger partial charge in [-0.15, -0.1) is 0 Å². The van der Waals surface area contributed by atoms with Gasteiger partial charge in [-0.3, -0.25) is 9.69 Å². The largest absolute Gasteiger partial charge is 0.432 e. The Kier molecular flexibility index (Phi) is 3.80. The fourth-order valence-corrected chi connectivity index (χ4v) is 3.79. The van der Waals surface area contributed by atoms with E-state index in [0.717, 1.165) is 25.9 Å². The van der Waals surface area contributed by atoms with Crippen LogP contribution in [0.3, 0.4) is 0 Å². The fourth-order valence-electron chi connectivity index (χ4n) is 3.79. The number of pyridine rings is 1. The summed E-state index contributed by atoms with van der Waals surface area (Å²) < 4.78 is 18.4. The van der Waals surface area contributed by atoms with Crippen LogP contribution in [0.5, 0.6) is 0 Å². The molecule has 0 radical (unpaired) electrons. The number of nitrogens with zero attached hydrogens (tertiary/aromatic N) is 3. The van der Waals surface area contributed by atoms with Gasteiger partial charge in [0, 0.05) is 23.8 Å². The van der Waals surface area contributed by atoms with Crippen molar-refractivity contribution >= 4 is 5.91 Å². The maximum Gasteiger partial charge on any atom is 0.307 e. The predicted octanol–water partition coefficient (Wildman–Crippen LogP) is 2.09. The lowest BCUT2D eigenvalue weighted by Crippen LogP contribution is -2.62. The molecule has 3 aliphatic rings. The van der Waals surface area contributed by atoms with Crippen LogP contribution in [0.1, 0.15) is 30.5 Å². The first-order valence-corrected chi connectivity index (χ1v) is 8.24. The number of aromatic nitrogens is 2. The second kappa shape index (κ2) is 5.98. The van der Waals surface area contributed by atoms with Crippen molar-refractivity contribution in [2.75, 3.05) is 13.1 Å². The molecule has 0 aromatic carbocycles. The number of rotatable bonds is 3. The summed E-state index contributed by atoms with van der Waals surface area (Å²) in [6.07, 6.45) is 5.05. The zero-order valence-corrected chi connectivity index (χ0v) is 13.4. The molecule has 5 heterocycles. The lowest BCUT2D eigenvalue weighted by Gasteiger charge is -2.49. The molecule has 2 atom stereocenters. The van der Waals surface area contributed by atoms with Crippen LogP contribution in [-0.4, -0.2) is 45.9 Å². The van der Waals surface area contributed by atoms with Crippen molar-refractivity contribution in [1.82, 2.24) is 20.2 Å². The molecule has 126 valence electrons. The highest BCUT2D eigenvalue weighted by Gasteiger charge is 2.40. The number of halogens is 1. The van der Waals surface area contributed by atoms with Gasteiger partial charge >= 0.3 is 5.91 Å². The predicted molar refractivity (Wildman–Crippen MR) is 84.7 cm³/mol. The molecule has 3 fully saturated rings. The molecule has 2 unspecified atom stereocenters. The van der Waals surface area contributed by atoms with Crippen molar-refractivity contribution in [2.24, 2.45) is 5.92 Å². The second-order valence-corrected chi connectivity index (χ2v) is 6.51. The van der Waals surface area contributed by atoms with Crippen molar-refractivity contribution < 1.29 is 13.6 Å². The zero-order chi connectivity index (χ0) is 16.7. The van der Waals surface area contributed by atoms with E-state index in [1.807, 2.05) is 0 Å². The summed E-state index contributed by atoms with van der Waals surface area (Å²) in [5.41, 5.74) is 0.583. The number of nitrogens with one attached hydrogen (secondary N) is 1. The first-order chi connectivity index (χ1) is 11.6. The van der Waals surface area contributed by atoms with Gasteiger partial charge < -0.3 is 9.73 Å². The Hall–Kier alpha value is -2.28. The molecule has 0 aliphatic carbocycles. The Labute approximate surface area is 139 Å². The van der Waals surface area contributed by atoms with Crippen molar-refractivity contribution in [3.63, 3.8) is 0 Å². The third kappa shape index (κ3) is 2.69. The lowest BCUT2D eigenvalue weighted by molar-refractivity contribution is 0.0210. The van der Waals surface area contributed by atoms with Gasteiger partial charge in [0.15, 0.2) is 5.76 Å². The van der Waals surface area contributed by atoms with Crippen LogP contribution in [-0.2, 0) is 0 Å². The Morgan fingerprint density at radius 2 is 2.08 bits per heavy atom. The third-order valence-electron chi connectivity index (χ3n) is 5.19. The second-order valence-electron chi connectivity index (χ2n) is 6.51. The molecule has 2 aromatic rings. The van der Waals surface area contributed by atoms with Gasteiger partial charge in [-0.25, -0.2) is 9.97 Å². The number of fused-ring (bicyclic) bond motifs is 3. The number of hydrogen-bond acceptors (Lipinski definition) is 5. The highest BCUT2D eigenvalue weighted by atomic mass is 19.1. The van der Waals surface area contributed by atoms with E-state index in [1.165, 1.54) is 18.5 Å². The number of oxazole rings is 1. The Morgan fingerprint density at radius 1 is 1.29 bits per heavy atom. The van der Waals surface area contributed by atoms with Crippen LogP contribution in [0.25, 0.3) is 11.3 Å². The van der Waals surface area contributed by atoms with Crippen LogP contribution < -0.4 is 5.32 Å². The summed E-state index contributed by atoms with van der Waals surface area (Å²) in [6.45, 7) is 4.37. The van der Waals surface area contributed by atoms with Crippen LogP contribution in [0.4, 0.5) is 4.39 Å².